The number of aromatic nitrogens is 2. The lowest BCUT2D eigenvalue weighted by atomic mass is 10.2. The van der Waals surface area contributed by atoms with Gasteiger partial charge >= 0.3 is 0 Å². The molecule has 30 heavy (non-hydrogen) atoms. The number of para-hydroxylation sites is 1. The lowest BCUT2D eigenvalue weighted by Gasteiger charge is -2.32. The zero-order valence-corrected chi connectivity index (χ0v) is 17.8. The number of hydrogen-bond donors (Lipinski definition) is 0. The van der Waals surface area contributed by atoms with E-state index in [9.17, 15) is 14.0 Å². The van der Waals surface area contributed by atoms with Crippen LogP contribution in [0.4, 0.5) is 4.39 Å². The summed E-state index contributed by atoms with van der Waals surface area (Å²) >= 11 is 1.21. The second kappa shape index (κ2) is 8.57. The van der Waals surface area contributed by atoms with Crippen LogP contribution in [-0.2, 0) is 4.79 Å². The molecular formula is C22H23FN4O2S. The fourth-order valence-electron chi connectivity index (χ4n) is 3.43. The van der Waals surface area contributed by atoms with E-state index in [2.05, 4.69) is 9.88 Å². The molecule has 0 bridgehead atoms. The number of rotatable bonds is 4. The van der Waals surface area contributed by atoms with Crippen molar-refractivity contribution in [3.05, 3.63) is 64.2 Å². The number of piperazine rings is 1. The van der Waals surface area contributed by atoms with E-state index in [-0.39, 0.29) is 17.2 Å². The summed E-state index contributed by atoms with van der Waals surface area (Å²) in [6, 6.07) is 11.7. The van der Waals surface area contributed by atoms with Gasteiger partial charge in [0.15, 0.2) is 5.16 Å². The van der Waals surface area contributed by atoms with E-state index in [1.807, 2.05) is 18.0 Å². The number of likely N-dealkylation sites (N-methyl/N-ethyl adjacent to an activating group) is 1. The van der Waals surface area contributed by atoms with E-state index in [1.54, 1.807) is 37.3 Å². The van der Waals surface area contributed by atoms with Crippen molar-refractivity contribution in [2.75, 3.05) is 39.0 Å². The quantitative estimate of drug-likeness (QED) is 0.474. The van der Waals surface area contributed by atoms with Gasteiger partial charge in [0.1, 0.15) is 5.82 Å². The first-order valence-corrected chi connectivity index (χ1v) is 10.8. The molecule has 0 radical (unpaired) electrons. The highest BCUT2D eigenvalue weighted by molar-refractivity contribution is 7.99. The maximum absolute atomic E-state index is 14.2. The molecule has 0 unspecified atom stereocenters. The van der Waals surface area contributed by atoms with Gasteiger partial charge in [-0.2, -0.15) is 0 Å². The lowest BCUT2D eigenvalue weighted by molar-refractivity contribution is -0.129. The Labute approximate surface area is 178 Å². The number of nitrogens with zero attached hydrogens (tertiary/aromatic N) is 4. The van der Waals surface area contributed by atoms with Crippen LogP contribution in [0.1, 0.15) is 5.56 Å². The van der Waals surface area contributed by atoms with Crippen LogP contribution in [0.3, 0.4) is 0 Å². The second-order valence-electron chi connectivity index (χ2n) is 7.46. The summed E-state index contributed by atoms with van der Waals surface area (Å²) in [5.74, 6) is -0.211. The number of fused-ring (bicyclic) bond motifs is 1. The second-order valence-corrected chi connectivity index (χ2v) is 8.40. The summed E-state index contributed by atoms with van der Waals surface area (Å²) in [5.41, 5.74) is 1.18. The minimum Gasteiger partial charge on any atom is -0.339 e. The average Bonchev–Trinajstić information content (AvgIpc) is 2.75. The molecule has 1 aliphatic heterocycles. The monoisotopic (exact) mass is 426 g/mol. The first-order chi connectivity index (χ1) is 14.4. The molecule has 6 nitrogen and oxygen atoms in total. The summed E-state index contributed by atoms with van der Waals surface area (Å²) in [6.07, 6.45) is 0. The molecule has 3 aromatic rings. The van der Waals surface area contributed by atoms with Gasteiger partial charge in [0.25, 0.3) is 5.56 Å². The Bertz CT molecular complexity index is 1160. The Balaban J connectivity index is 1.70. The van der Waals surface area contributed by atoms with Gasteiger partial charge in [-0.1, -0.05) is 30.0 Å². The summed E-state index contributed by atoms with van der Waals surface area (Å²) in [5, 5.41) is 0.831. The Morgan fingerprint density at radius 3 is 2.60 bits per heavy atom. The van der Waals surface area contributed by atoms with Crippen LogP contribution in [0.25, 0.3) is 16.6 Å². The van der Waals surface area contributed by atoms with Crippen molar-refractivity contribution >= 4 is 28.6 Å². The zero-order chi connectivity index (χ0) is 21.3. The van der Waals surface area contributed by atoms with Crippen molar-refractivity contribution in [2.45, 2.75) is 12.1 Å². The maximum Gasteiger partial charge on any atom is 0.266 e. The van der Waals surface area contributed by atoms with E-state index < -0.39 is 5.82 Å². The summed E-state index contributed by atoms with van der Waals surface area (Å²) in [7, 11) is 2.04. The van der Waals surface area contributed by atoms with Gasteiger partial charge in [-0.3, -0.25) is 14.2 Å². The first kappa shape index (κ1) is 20.6. The van der Waals surface area contributed by atoms with Gasteiger partial charge in [-0.15, -0.1) is 0 Å². The van der Waals surface area contributed by atoms with Gasteiger partial charge in [-0.05, 0) is 43.8 Å². The third-order valence-corrected chi connectivity index (χ3v) is 6.26. The largest absolute Gasteiger partial charge is 0.339 e. The number of hydrogen-bond acceptors (Lipinski definition) is 5. The van der Waals surface area contributed by atoms with Crippen LogP contribution in [0, 0.1) is 12.7 Å². The molecule has 0 N–H and O–H groups in total. The van der Waals surface area contributed by atoms with Crippen molar-refractivity contribution < 1.29 is 9.18 Å². The molecule has 1 amide bonds. The third-order valence-electron chi connectivity index (χ3n) is 5.34. The Kier molecular flexibility index (Phi) is 5.87. The molecule has 1 fully saturated rings. The van der Waals surface area contributed by atoms with E-state index in [1.165, 1.54) is 22.4 Å². The van der Waals surface area contributed by atoms with Crippen LogP contribution >= 0.6 is 11.8 Å². The van der Waals surface area contributed by atoms with E-state index in [0.29, 0.717) is 40.4 Å². The molecule has 8 heteroatoms. The van der Waals surface area contributed by atoms with Gasteiger partial charge in [-0.25, -0.2) is 9.37 Å². The molecule has 4 rings (SSSR count). The first-order valence-electron chi connectivity index (χ1n) is 9.81. The number of amides is 1. The van der Waals surface area contributed by atoms with E-state index in [0.717, 1.165) is 13.1 Å². The van der Waals surface area contributed by atoms with Crippen LogP contribution in [-0.4, -0.2) is 64.2 Å². The third kappa shape index (κ3) is 4.11. The number of aryl methyl sites for hydroxylation is 1. The number of benzene rings is 2. The van der Waals surface area contributed by atoms with Gasteiger partial charge in [0.05, 0.1) is 22.3 Å². The number of carbonyl (C=O) groups is 1. The molecule has 0 spiro atoms. The molecule has 2 heterocycles. The fourth-order valence-corrected chi connectivity index (χ4v) is 4.35. The summed E-state index contributed by atoms with van der Waals surface area (Å²) in [4.78, 5) is 34.5. The van der Waals surface area contributed by atoms with Crippen molar-refractivity contribution in [1.82, 2.24) is 19.4 Å². The predicted molar refractivity (Wildman–Crippen MR) is 117 cm³/mol. The maximum atomic E-state index is 14.2. The van der Waals surface area contributed by atoms with Crippen molar-refractivity contribution in [2.24, 2.45) is 0 Å². The highest BCUT2D eigenvalue weighted by Crippen LogP contribution is 2.23. The molecule has 1 aromatic heterocycles. The molecule has 1 saturated heterocycles. The van der Waals surface area contributed by atoms with Crippen molar-refractivity contribution in [3.8, 4) is 5.69 Å². The Morgan fingerprint density at radius 2 is 1.87 bits per heavy atom. The minimum atomic E-state index is -0.392. The predicted octanol–water partition coefficient (Wildman–Crippen LogP) is 2.70. The highest BCUT2D eigenvalue weighted by atomic mass is 32.2. The lowest BCUT2D eigenvalue weighted by Crippen LogP contribution is -2.47. The molecule has 2 aromatic carbocycles. The van der Waals surface area contributed by atoms with E-state index >= 15 is 0 Å². The molecule has 0 aliphatic carbocycles. The number of thioether (sulfide) groups is 1. The number of carbonyl (C=O) groups excluding carboxylic acids is 1. The Hall–Kier alpha value is -2.71. The fraction of sp³-hybridized carbons (Fsp3) is 0.318. The highest BCUT2D eigenvalue weighted by Gasteiger charge is 2.21. The van der Waals surface area contributed by atoms with Crippen LogP contribution in [0.5, 0.6) is 0 Å². The SMILES string of the molecule is Cc1ccc(-n2c(SCC(=O)N3CCN(C)CC3)nc3ccccc3c2=O)cc1F. The standard InChI is InChI=1S/C22H23FN4O2S/c1-15-7-8-16(13-18(15)23)27-21(29)17-5-3-4-6-19(17)24-22(27)30-14-20(28)26-11-9-25(2)10-12-26/h3-8,13H,9-12,14H2,1-2H3. The van der Waals surface area contributed by atoms with Crippen molar-refractivity contribution in [3.63, 3.8) is 0 Å². The topological polar surface area (TPSA) is 58.4 Å². The smallest absolute Gasteiger partial charge is 0.266 e. The Morgan fingerprint density at radius 1 is 1.13 bits per heavy atom. The van der Waals surface area contributed by atoms with E-state index in [4.69, 9.17) is 0 Å². The minimum absolute atomic E-state index is 0.0112. The van der Waals surface area contributed by atoms with Crippen LogP contribution < -0.4 is 5.56 Å². The number of halogens is 1. The molecule has 1 aliphatic rings. The summed E-state index contributed by atoms with van der Waals surface area (Å²) < 4.78 is 15.6. The van der Waals surface area contributed by atoms with Crippen molar-refractivity contribution in [1.29, 1.82) is 0 Å². The van der Waals surface area contributed by atoms with Gasteiger partial charge in [0.2, 0.25) is 5.91 Å². The van der Waals surface area contributed by atoms with Crippen LogP contribution in [0.2, 0.25) is 0 Å². The van der Waals surface area contributed by atoms with Crippen LogP contribution in [0.15, 0.2) is 52.4 Å². The van der Waals surface area contributed by atoms with Gasteiger partial charge < -0.3 is 9.80 Å². The average molecular weight is 427 g/mol. The molecule has 0 saturated carbocycles. The summed E-state index contributed by atoms with van der Waals surface area (Å²) in [6.45, 7) is 4.74. The van der Waals surface area contributed by atoms with Gasteiger partial charge in [0, 0.05) is 26.2 Å². The zero-order valence-electron chi connectivity index (χ0n) is 17.0. The molecular weight excluding hydrogens is 403 g/mol. The normalized spacial score (nSPS) is 15.0. The molecule has 0 atom stereocenters. The molecule has 156 valence electrons.